The second-order valence-corrected chi connectivity index (χ2v) is 12.0. The first-order valence-electron chi connectivity index (χ1n) is 11.9. The van der Waals surface area contributed by atoms with Crippen molar-refractivity contribution in [2.45, 2.75) is 57.3 Å². The predicted molar refractivity (Wildman–Crippen MR) is 141 cm³/mol. The van der Waals surface area contributed by atoms with Gasteiger partial charge in [0.15, 0.2) is 0 Å². The van der Waals surface area contributed by atoms with Gasteiger partial charge < -0.3 is 0 Å². The normalized spacial score (nSPS) is 18.5. The lowest BCUT2D eigenvalue weighted by Gasteiger charge is -2.26. The summed E-state index contributed by atoms with van der Waals surface area (Å²) in [5.41, 5.74) is -2.26. The maximum absolute atomic E-state index is 15.7. The van der Waals surface area contributed by atoms with E-state index < -0.39 is 28.9 Å². The number of benzene rings is 2. The average Bonchev–Trinajstić information content (AvgIpc) is 3.47. The van der Waals surface area contributed by atoms with E-state index in [9.17, 15) is 0 Å². The Labute approximate surface area is 219 Å². The monoisotopic (exact) mass is 550 g/mol. The zero-order chi connectivity index (χ0) is 26.9. The minimum Gasteiger partial charge on any atom is -0.194 e. The molecule has 0 saturated carbocycles. The Bertz CT molecular complexity index is 1510. The molecule has 4 aromatic rings. The van der Waals surface area contributed by atoms with Gasteiger partial charge in [0.1, 0.15) is 0 Å². The van der Waals surface area contributed by atoms with Crippen LogP contribution in [0.1, 0.15) is 60.4 Å². The summed E-state index contributed by atoms with van der Waals surface area (Å²) < 4.78 is 93.8. The fraction of sp³-hybridized carbons (Fsp3) is 0.310. The van der Waals surface area contributed by atoms with Crippen molar-refractivity contribution in [2.75, 3.05) is 0 Å². The molecule has 194 valence electrons. The number of hydrogen-bond acceptors (Lipinski definition) is 2. The molecule has 37 heavy (non-hydrogen) atoms. The Kier molecular flexibility index (Phi) is 6.15. The van der Waals surface area contributed by atoms with Crippen molar-refractivity contribution in [3.8, 4) is 10.4 Å². The van der Waals surface area contributed by atoms with E-state index in [4.69, 9.17) is 0 Å². The molecule has 5 rings (SSSR count). The smallest absolute Gasteiger partial charge is 0.194 e. The first-order valence-corrected chi connectivity index (χ1v) is 13.5. The van der Waals surface area contributed by atoms with Gasteiger partial charge in [0.2, 0.25) is 0 Å². The molecule has 0 unspecified atom stereocenters. The number of allylic oxidation sites excluding steroid dienone is 2. The van der Waals surface area contributed by atoms with E-state index in [1.165, 1.54) is 34.8 Å². The lowest BCUT2D eigenvalue weighted by atomic mass is 9.89. The van der Waals surface area contributed by atoms with Crippen LogP contribution in [-0.4, -0.2) is 17.8 Å². The van der Waals surface area contributed by atoms with Gasteiger partial charge >= 0.3 is 17.8 Å². The molecule has 0 atom stereocenters. The van der Waals surface area contributed by atoms with Crippen LogP contribution in [0.15, 0.2) is 60.7 Å². The second kappa shape index (κ2) is 8.73. The molecular formula is C29H24F6S2. The summed E-state index contributed by atoms with van der Waals surface area (Å²) in [4.78, 5) is 1.30. The highest BCUT2D eigenvalue weighted by Crippen LogP contribution is 2.67. The summed E-state index contributed by atoms with van der Waals surface area (Å²) in [6.45, 7) is 6.98. The van der Waals surface area contributed by atoms with Crippen molar-refractivity contribution < 1.29 is 26.3 Å². The SMILES string of the molecule is CC(C)c1sc(-c2ccccc2)cc1C1=C(c2c(C(C)C)sc3ccccc23)C(F)(F)C(F)(F)C1(F)F. The molecule has 2 aromatic heterocycles. The van der Waals surface area contributed by atoms with E-state index in [0.717, 1.165) is 0 Å². The van der Waals surface area contributed by atoms with Crippen LogP contribution in [0.3, 0.4) is 0 Å². The zero-order valence-corrected chi connectivity index (χ0v) is 22.1. The van der Waals surface area contributed by atoms with Crippen molar-refractivity contribution >= 4 is 43.9 Å². The topological polar surface area (TPSA) is 0 Å². The van der Waals surface area contributed by atoms with Crippen LogP contribution in [0.4, 0.5) is 26.3 Å². The summed E-state index contributed by atoms with van der Waals surface area (Å²) in [5.74, 6) is -16.4. The molecule has 0 spiro atoms. The second-order valence-electron chi connectivity index (χ2n) is 9.87. The van der Waals surface area contributed by atoms with Crippen LogP contribution in [-0.2, 0) is 0 Å². The van der Waals surface area contributed by atoms with Gasteiger partial charge in [0.05, 0.1) is 0 Å². The Morgan fingerprint density at radius 3 is 1.84 bits per heavy atom. The minimum absolute atomic E-state index is 0.199. The minimum atomic E-state index is -5.59. The fourth-order valence-corrected chi connectivity index (χ4v) is 7.30. The highest BCUT2D eigenvalue weighted by molar-refractivity contribution is 7.19. The number of alkyl halides is 6. The standard InChI is InChI=1S/C29H24F6S2/c1-15(2)25-19(14-21(37-25)17-10-6-5-7-11-17)23-24(28(32,33)29(34,35)27(23,30)31)22-18-12-8-9-13-20(18)36-26(22)16(3)4/h5-16H,1-4H3. The summed E-state index contributed by atoms with van der Waals surface area (Å²) in [7, 11) is 0. The molecule has 1 aliphatic rings. The summed E-state index contributed by atoms with van der Waals surface area (Å²) in [6.07, 6.45) is 0. The van der Waals surface area contributed by atoms with Crippen molar-refractivity contribution in [3.05, 3.63) is 81.5 Å². The highest BCUT2D eigenvalue weighted by Gasteiger charge is 2.80. The van der Waals surface area contributed by atoms with E-state index in [-0.39, 0.29) is 28.3 Å². The number of fused-ring (bicyclic) bond motifs is 1. The van der Waals surface area contributed by atoms with Crippen LogP contribution >= 0.6 is 22.7 Å². The molecule has 2 heterocycles. The van der Waals surface area contributed by atoms with Gasteiger partial charge in [-0.2, -0.15) is 26.3 Å². The average molecular weight is 551 g/mol. The van der Waals surface area contributed by atoms with Gasteiger partial charge in [-0.1, -0.05) is 76.2 Å². The maximum Gasteiger partial charge on any atom is 0.380 e. The number of rotatable bonds is 5. The molecule has 0 amide bonds. The third-order valence-electron chi connectivity index (χ3n) is 6.68. The summed E-state index contributed by atoms with van der Waals surface area (Å²) in [6, 6.07) is 16.8. The van der Waals surface area contributed by atoms with Crippen molar-refractivity contribution in [2.24, 2.45) is 0 Å². The van der Waals surface area contributed by atoms with Crippen LogP contribution in [0.5, 0.6) is 0 Å². The van der Waals surface area contributed by atoms with Gasteiger partial charge in [-0.05, 0) is 35.1 Å². The third-order valence-corrected chi connectivity index (χ3v) is 9.63. The lowest BCUT2D eigenvalue weighted by molar-refractivity contribution is -0.254. The Balaban J connectivity index is 1.94. The largest absolute Gasteiger partial charge is 0.380 e. The van der Waals surface area contributed by atoms with E-state index in [1.807, 2.05) is 0 Å². The Hall–Kier alpha value is -2.58. The Morgan fingerprint density at radius 2 is 1.22 bits per heavy atom. The fourth-order valence-electron chi connectivity index (χ4n) is 4.91. The number of hydrogen-bond donors (Lipinski definition) is 0. The van der Waals surface area contributed by atoms with Crippen LogP contribution in [0, 0.1) is 0 Å². The molecular weight excluding hydrogens is 526 g/mol. The molecule has 0 nitrogen and oxygen atoms in total. The van der Waals surface area contributed by atoms with E-state index in [2.05, 4.69) is 0 Å². The summed E-state index contributed by atoms with van der Waals surface area (Å²) >= 11 is 2.34. The van der Waals surface area contributed by atoms with Crippen LogP contribution in [0.2, 0.25) is 0 Å². The van der Waals surface area contributed by atoms with E-state index in [0.29, 0.717) is 24.9 Å². The molecule has 1 aliphatic carbocycles. The third kappa shape index (κ3) is 3.70. The van der Waals surface area contributed by atoms with Crippen LogP contribution < -0.4 is 0 Å². The van der Waals surface area contributed by atoms with Crippen LogP contribution in [0.25, 0.3) is 31.7 Å². The van der Waals surface area contributed by atoms with Crippen molar-refractivity contribution in [1.82, 2.24) is 0 Å². The molecule has 0 saturated heterocycles. The van der Waals surface area contributed by atoms with Gasteiger partial charge in [0.25, 0.3) is 0 Å². The number of halogens is 6. The van der Waals surface area contributed by atoms with Gasteiger partial charge in [-0.3, -0.25) is 0 Å². The number of thiophene rings is 2. The van der Waals surface area contributed by atoms with Crippen molar-refractivity contribution in [1.29, 1.82) is 0 Å². The quantitative estimate of drug-likeness (QED) is 0.217. The lowest BCUT2D eigenvalue weighted by Crippen LogP contribution is -2.49. The first kappa shape index (κ1) is 26.0. The zero-order valence-electron chi connectivity index (χ0n) is 20.5. The molecule has 0 fully saturated rings. The predicted octanol–water partition coefficient (Wildman–Crippen LogP) is 10.7. The van der Waals surface area contributed by atoms with Gasteiger partial charge in [0, 0.05) is 41.4 Å². The van der Waals surface area contributed by atoms with Crippen molar-refractivity contribution in [3.63, 3.8) is 0 Å². The maximum atomic E-state index is 15.7. The molecule has 0 bridgehead atoms. The van der Waals surface area contributed by atoms with Gasteiger partial charge in [-0.25, -0.2) is 0 Å². The van der Waals surface area contributed by atoms with E-state index >= 15 is 26.3 Å². The molecule has 8 heteroatoms. The molecule has 0 N–H and O–H groups in total. The molecule has 2 aromatic carbocycles. The highest BCUT2D eigenvalue weighted by atomic mass is 32.1. The van der Waals surface area contributed by atoms with E-state index in [1.54, 1.807) is 76.2 Å². The molecule has 0 radical (unpaired) electrons. The summed E-state index contributed by atoms with van der Waals surface area (Å²) in [5, 5.41) is 0.279. The van der Waals surface area contributed by atoms with Gasteiger partial charge in [-0.15, -0.1) is 22.7 Å². The molecule has 0 aliphatic heterocycles. The Morgan fingerprint density at radius 1 is 0.649 bits per heavy atom. The first-order chi connectivity index (χ1) is 17.3.